The lowest BCUT2D eigenvalue weighted by Crippen LogP contribution is -2.58. The largest absolute Gasteiger partial charge is 0.494 e. The van der Waals surface area contributed by atoms with E-state index in [1.54, 1.807) is 21.7 Å². The molecule has 1 aliphatic rings. The van der Waals surface area contributed by atoms with Crippen molar-refractivity contribution in [2.75, 3.05) is 44.8 Å². The number of nitrogens with two attached hydrogens (primary N) is 1. The van der Waals surface area contributed by atoms with Gasteiger partial charge in [-0.3, -0.25) is 9.36 Å². The molecular weight excluding hydrogens is 585 g/mol. The van der Waals surface area contributed by atoms with Gasteiger partial charge in [-0.25, -0.2) is 14.2 Å². The SMILES string of the molecule is CCOc1cccc(-n2cc(C(=O)N3CCN(c4cc(C(=O)OC)c5ccccc5c4)C[C@H]3CN)nc2-c2ccc(C)cc2F)c1. The zero-order valence-corrected chi connectivity index (χ0v) is 26.1. The highest BCUT2D eigenvalue weighted by Crippen LogP contribution is 2.31. The molecule has 1 aromatic heterocycles. The van der Waals surface area contributed by atoms with Gasteiger partial charge >= 0.3 is 5.97 Å². The van der Waals surface area contributed by atoms with E-state index in [0.29, 0.717) is 49.1 Å². The molecule has 236 valence electrons. The van der Waals surface area contributed by atoms with E-state index in [2.05, 4.69) is 4.90 Å². The van der Waals surface area contributed by atoms with Crippen LogP contribution in [0.5, 0.6) is 5.75 Å². The molecule has 2 heterocycles. The molecule has 2 N–H and O–H groups in total. The number of fused-ring (bicyclic) bond motifs is 1. The van der Waals surface area contributed by atoms with Gasteiger partial charge in [-0.2, -0.15) is 0 Å². The molecule has 1 aliphatic heterocycles. The number of aryl methyl sites for hydroxylation is 1. The molecule has 0 spiro atoms. The highest BCUT2D eigenvalue weighted by Gasteiger charge is 2.33. The summed E-state index contributed by atoms with van der Waals surface area (Å²) in [6.07, 6.45) is 1.65. The Hall–Kier alpha value is -5.22. The molecule has 0 saturated carbocycles. The van der Waals surface area contributed by atoms with Gasteiger partial charge in [0.15, 0.2) is 0 Å². The first-order chi connectivity index (χ1) is 22.3. The number of piperazine rings is 1. The van der Waals surface area contributed by atoms with Crippen LogP contribution in [0.1, 0.15) is 33.3 Å². The van der Waals surface area contributed by atoms with Crippen molar-refractivity contribution in [2.45, 2.75) is 19.9 Å². The van der Waals surface area contributed by atoms with Crippen molar-refractivity contribution in [3.8, 4) is 22.8 Å². The van der Waals surface area contributed by atoms with Crippen LogP contribution in [-0.4, -0.2) is 72.3 Å². The second-order valence-corrected chi connectivity index (χ2v) is 11.3. The molecule has 0 aliphatic carbocycles. The van der Waals surface area contributed by atoms with E-state index in [0.717, 1.165) is 22.0 Å². The second-order valence-electron chi connectivity index (χ2n) is 11.3. The van der Waals surface area contributed by atoms with Crippen molar-refractivity contribution in [2.24, 2.45) is 5.73 Å². The summed E-state index contributed by atoms with van der Waals surface area (Å²) in [5.74, 6) is -0.172. The predicted octanol–water partition coefficient (Wildman–Crippen LogP) is 5.62. The van der Waals surface area contributed by atoms with Crippen molar-refractivity contribution in [3.63, 3.8) is 0 Å². The second kappa shape index (κ2) is 13.0. The summed E-state index contributed by atoms with van der Waals surface area (Å²) in [4.78, 5) is 35.3. The summed E-state index contributed by atoms with van der Waals surface area (Å²) in [5.41, 5.74) is 9.51. The van der Waals surface area contributed by atoms with Crippen molar-refractivity contribution in [1.29, 1.82) is 0 Å². The highest BCUT2D eigenvalue weighted by molar-refractivity contribution is 6.06. The molecule has 1 amide bonds. The number of anilines is 1. The Balaban J connectivity index is 1.33. The number of imidazole rings is 1. The fraction of sp³-hybridized carbons (Fsp3) is 0.250. The Labute approximate surface area is 267 Å². The molecule has 4 aromatic carbocycles. The van der Waals surface area contributed by atoms with Crippen LogP contribution in [-0.2, 0) is 4.74 Å². The number of rotatable bonds is 8. The molecule has 10 heteroatoms. The Bertz CT molecular complexity index is 1920. The van der Waals surface area contributed by atoms with Crippen LogP contribution in [0, 0.1) is 12.7 Å². The molecular formula is C36H36FN5O4. The van der Waals surface area contributed by atoms with Crippen molar-refractivity contribution in [1.82, 2.24) is 14.5 Å². The van der Waals surface area contributed by atoms with E-state index in [1.807, 2.05) is 80.6 Å². The molecule has 46 heavy (non-hydrogen) atoms. The molecule has 1 saturated heterocycles. The molecule has 0 bridgehead atoms. The van der Waals surface area contributed by atoms with E-state index in [4.69, 9.17) is 20.2 Å². The lowest BCUT2D eigenvalue weighted by Gasteiger charge is -2.42. The number of ether oxygens (including phenoxy) is 2. The third kappa shape index (κ3) is 5.91. The maximum atomic E-state index is 15.3. The first-order valence-electron chi connectivity index (χ1n) is 15.3. The Morgan fingerprint density at radius 3 is 2.59 bits per heavy atom. The van der Waals surface area contributed by atoms with Gasteiger partial charge in [0.25, 0.3) is 5.91 Å². The minimum absolute atomic E-state index is 0.183. The fourth-order valence-electron chi connectivity index (χ4n) is 6.02. The summed E-state index contributed by atoms with van der Waals surface area (Å²) in [6, 6.07) is 23.5. The third-order valence-corrected chi connectivity index (χ3v) is 8.33. The van der Waals surface area contributed by atoms with Gasteiger partial charge in [0, 0.05) is 44.1 Å². The Morgan fingerprint density at radius 1 is 1.00 bits per heavy atom. The van der Waals surface area contributed by atoms with Gasteiger partial charge in [-0.1, -0.05) is 36.4 Å². The number of aromatic nitrogens is 2. The van der Waals surface area contributed by atoms with E-state index in [1.165, 1.54) is 13.2 Å². The number of benzene rings is 4. The number of methoxy groups -OCH3 is 1. The van der Waals surface area contributed by atoms with Crippen LogP contribution in [0.2, 0.25) is 0 Å². The van der Waals surface area contributed by atoms with Crippen LogP contribution in [0.15, 0.2) is 85.1 Å². The van der Waals surface area contributed by atoms with E-state index >= 15 is 4.39 Å². The van der Waals surface area contributed by atoms with Gasteiger partial charge in [-0.05, 0) is 66.6 Å². The maximum Gasteiger partial charge on any atom is 0.338 e. The molecule has 9 nitrogen and oxygen atoms in total. The van der Waals surface area contributed by atoms with Gasteiger partial charge in [-0.15, -0.1) is 0 Å². The van der Waals surface area contributed by atoms with Crippen LogP contribution in [0.3, 0.4) is 0 Å². The zero-order chi connectivity index (χ0) is 32.4. The summed E-state index contributed by atoms with van der Waals surface area (Å²) in [6.45, 7) is 5.78. The molecule has 0 unspecified atom stereocenters. The van der Waals surface area contributed by atoms with Gasteiger partial charge in [0.05, 0.1) is 36.6 Å². The van der Waals surface area contributed by atoms with E-state index in [-0.39, 0.29) is 29.8 Å². The van der Waals surface area contributed by atoms with E-state index in [9.17, 15) is 9.59 Å². The first-order valence-corrected chi connectivity index (χ1v) is 15.3. The number of halogens is 1. The summed E-state index contributed by atoms with van der Waals surface area (Å²) >= 11 is 0. The first kappa shape index (κ1) is 30.8. The topological polar surface area (TPSA) is 103 Å². The minimum atomic E-state index is -0.429. The standard InChI is InChI=1S/C36H36FN5O4/c1-4-46-28-10-7-9-25(18-28)42-22-33(39-34(42)30-13-12-23(2)16-32(30)37)35(43)41-15-14-40(21-27(41)20-38)26-17-24-8-5-6-11-29(24)31(19-26)36(44)45-3/h5-13,16-19,22,27H,4,14-15,20-21,38H2,1-3H3/t27-/m1/s1. The average Bonchev–Trinajstić information content (AvgIpc) is 3.52. The van der Waals surface area contributed by atoms with Crippen molar-refractivity contribution in [3.05, 3.63) is 108 Å². The number of carbonyl (C=O) groups is 2. The van der Waals surface area contributed by atoms with Gasteiger partial charge < -0.3 is 25.0 Å². The quantitative estimate of drug-likeness (QED) is 0.225. The average molecular weight is 622 g/mol. The smallest absolute Gasteiger partial charge is 0.338 e. The lowest BCUT2D eigenvalue weighted by molar-refractivity contribution is 0.0602. The number of hydrogen-bond acceptors (Lipinski definition) is 7. The molecule has 0 radical (unpaired) electrons. The third-order valence-electron chi connectivity index (χ3n) is 8.33. The number of carbonyl (C=O) groups excluding carboxylic acids is 2. The van der Waals surface area contributed by atoms with Crippen LogP contribution in [0.4, 0.5) is 10.1 Å². The fourth-order valence-corrected chi connectivity index (χ4v) is 6.02. The molecule has 5 aromatic rings. The molecule has 1 fully saturated rings. The van der Waals surface area contributed by atoms with Gasteiger partial charge in [0.2, 0.25) is 0 Å². The number of hydrogen-bond donors (Lipinski definition) is 1. The normalized spacial score (nSPS) is 14.8. The lowest BCUT2D eigenvalue weighted by atomic mass is 10.0. The predicted molar refractivity (Wildman–Crippen MR) is 176 cm³/mol. The monoisotopic (exact) mass is 621 g/mol. The Kier molecular flexibility index (Phi) is 8.72. The van der Waals surface area contributed by atoms with Gasteiger partial charge in [0.1, 0.15) is 23.1 Å². The molecule has 1 atom stereocenters. The van der Waals surface area contributed by atoms with Crippen molar-refractivity contribution >= 4 is 28.3 Å². The number of amides is 1. The van der Waals surface area contributed by atoms with Crippen LogP contribution in [0.25, 0.3) is 27.8 Å². The highest BCUT2D eigenvalue weighted by atomic mass is 19.1. The number of esters is 1. The van der Waals surface area contributed by atoms with Crippen LogP contribution >= 0.6 is 0 Å². The number of nitrogens with zero attached hydrogens (tertiary/aromatic N) is 4. The minimum Gasteiger partial charge on any atom is -0.494 e. The Morgan fingerprint density at radius 2 is 1.83 bits per heavy atom. The summed E-state index contributed by atoms with van der Waals surface area (Å²) < 4.78 is 27.8. The zero-order valence-electron chi connectivity index (χ0n) is 26.1. The maximum absolute atomic E-state index is 15.3. The summed E-state index contributed by atoms with van der Waals surface area (Å²) in [7, 11) is 1.37. The van der Waals surface area contributed by atoms with Crippen LogP contribution < -0.4 is 15.4 Å². The summed E-state index contributed by atoms with van der Waals surface area (Å²) in [5, 5.41) is 1.73. The van der Waals surface area contributed by atoms with E-state index < -0.39 is 11.8 Å². The molecule has 6 rings (SSSR count). The van der Waals surface area contributed by atoms with Crippen molar-refractivity contribution < 1.29 is 23.5 Å².